The van der Waals surface area contributed by atoms with Gasteiger partial charge in [-0.2, -0.15) is 0 Å². The van der Waals surface area contributed by atoms with Crippen LogP contribution < -0.4 is 9.80 Å². The second kappa shape index (κ2) is 12.2. The number of phenols is 1. The Balaban J connectivity index is 1.17. The molecule has 2 aliphatic heterocycles. The smallest absolute Gasteiger partial charge is 0.124 e. The number of phenolic OH excluding ortho intramolecular Hbond substituents is 1. The first kappa shape index (κ1) is 26.5. The summed E-state index contributed by atoms with van der Waals surface area (Å²) in [5, 5.41) is 11.5. The van der Waals surface area contributed by atoms with Crippen molar-refractivity contribution in [3.05, 3.63) is 93.8 Å². The van der Waals surface area contributed by atoms with Crippen LogP contribution in [0, 0.1) is 3.82 Å². The highest BCUT2D eigenvalue weighted by Gasteiger charge is 2.23. The normalized spacial score (nSPS) is 17.0. The van der Waals surface area contributed by atoms with E-state index in [9.17, 15) is 5.11 Å². The van der Waals surface area contributed by atoms with E-state index in [0.717, 1.165) is 80.4 Å². The molecule has 0 spiro atoms. The molecule has 3 heterocycles. The summed E-state index contributed by atoms with van der Waals surface area (Å²) in [5.41, 5.74) is 5.78. The predicted octanol–water partition coefficient (Wildman–Crippen LogP) is 6.56. The Morgan fingerprint density at radius 3 is 1.49 bits per heavy atom. The first-order valence-corrected chi connectivity index (χ1v) is 16.2. The molecule has 1 N–H and O–H groups in total. The molecule has 6 rings (SSSR count). The maximum Gasteiger partial charge on any atom is 0.124 e. The molecule has 0 amide bonds. The van der Waals surface area contributed by atoms with Gasteiger partial charge in [0.1, 0.15) is 9.57 Å². The van der Waals surface area contributed by atoms with Gasteiger partial charge in [-0.1, -0.05) is 69.3 Å². The van der Waals surface area contributed by atoms with E-state index >= 15 is 0 Å². The molecule has 0 saturated carbocycles. The lowest BCUT2D eigenvalue weighted by Crippen LogP contribution is -2.46. The minimum Gasteiger partial charge on any atom is -0.507 e. The van der Waals surface area contributed by atoms with Gasteiger partial charge in [0.15, 0.2) is 0 Å². The maximum absolute atomic E-state index is 11.5. The van der Waals surface area contributed by atoms with Crippen molar-refractivity contribution in [2.45, 2.75) is 13.1 Å². The Bertz CT molecular complexity index is 1340. The van der Waals surface area contributed by atoms with Crippen molar-refractivity contribution in [3.8, 4) is 16.2 Å². The quantitative estimate of drug-likeness (QED) is 0.199. The fourth-order valence-electron chi connectivity index (χ4n) is 5.60. The van der Waals surface area contributed by atoms with E-state index in [4.69, 9.17) is 12.2 Å². The van der Waals surface area contributed by atoms with Crippen molar-refractivity contribution in [3.63, 3.8) is 0 Å². The van der Waals surface area contributed by atoms with E-state index in [2.05, 4.69) is 98.5 Å². The fraction of sp³-hybridized carbons (Fsp3) is 0.323. The van der Waals surface area contributed by atoms with Crippen molar-refractivity contribution in [2.75, 3.05) is 62.2 Å². The third-order valence-electron chi connectivity index (χ3n) is 7.79. The molecular weight excluding hydrogens is 541 g/mol. The van der Waals surface area contributed by atoms with Crippen LogP contribution in [0.2, 0.25) is 0 Å². The maximum atomic E-state index is 11.5. The molecule has 1 aromatic heterocycles. The Kier molecular flexibility index (Phi) is 8.27. The van der Waals surface area contributed by atoms with Gasteiger partial charge >= 0.3 is 0 Å². The van der Waals surface area contributed by atoms with Crippen LogP contribution in [-0.4, -0.2) is 67.3 Å². The third kappa shape index (κ3) is 6.36. The SMILES string of the molecule is Oc1c(CN2CCN(c3ccccc3)CC2)cc(-c2cc(=S)ss2)cc1CN1CCN(c2ccccc2)CC1. The summed E-state index contributed by atoms with van der Waals surface area (Å²) in [6.07, 6.45) is 0. The number of piperazine rings is 2. The molecule has 2 aliphatic rings. The average Bonchev–Trinajstić information content (AvgIpc) is 3.43. The second-order valence-corrected chi connectivity index (χ2v) is 13.2. The summed E-state index contributed by atoms with van der Waals surface area (Å²) in [6.45, 7) is 9.41. The molecule has 3 aromatic carbocycles. The molecule has 0 radical (unpaired) electrons. The van der Waals surface area contributed by atoms with Gasteiger partial charge in [0.25, 0.3) is 0 Å². The summed E-state index contributed by atoms with van der Waals surface area (Å²) in [6, 6.07) is 27.8. The molecule has 5 nitrogen and oxygen atoms in total. The Labute approximate surface area is 243 Å². The first-order valence-electron chi connectivity index (χ1n) is 13.6. The van der Waals surface area contributed by atoms with E-state index in [1.165, 1.54) is 21.8 Å². The van der Waals surface area contributed by atoms with Gasteiger partial charge in [0.05, 0.1) is 0 Å². The molecule has 8 heteroatoms. The monoisotopic (exact) mass is 574 g/mol. The van der Waals surface area contributed by atoms with Crippen LogP contribution >= 0.6 is 32.9 Å². The molecule has 4 aromatic rings. The number of hydrogen-bond acceptors (Lipinski definition) is 8. The van der Waals surface area contributed by atoms with Crippen LogP contribution in [0.3, 0.4) is 0 Å². The Hall–Kier alpha value is -2.75. The van der Waals surface area contributed by atoms with E-state index in [1.54, 1.807) is 20.7 Å². The van der Waals surface area contributed by atoms with Crippen molar-refractivity contribution in [2.24, 2.45) is 0 Å². The van der Waals surface area contributed by atoms with Crippen LogP contribution in [0.15, 0.2) is 78.9 Å². The number of nitrogens with zero attached hydrogens (tertiary/aromatic N) is 4. The predicted molar refractivity (Wildman–Crippen MR) is 168 cm³/mol. The second-order valence-electron chi connectivity index (χ2n) is 10.3. The van der Waals surface area contributed by atoms with Crippen molar-refractivity contribution in [1.82, 2.24) is 9.80 Å². The van der Waals surface area contributed by atoms with Gasteiger partial charge in [-0.05, 0) is 48.0 Å². The van der Waals surface area contributed by atoms with E-state index in [1.807, 2.05) is 0 Å². The van der Waals surface area contributed by atoms with Crippen LogP contribution in [0.4, 0.5) is 11.4 Å². The van der Waals surface area contributed by atoms with Crippen LogP contribution in [-0.2, 0) is 13.1 Å². The van der Waals surface area contributed by atoms with E-state index in [-0.39, 0.29) is 0 Å². The fourth-order valence-corrected chi connectivity index (χ4v) is 7.99. The largest absolute Gasteiger partial charge is 0.507 e. The van der Waals surface area contributed by atoms with Gasteiger partial charge in [-0.25, -0.2) is 0 Å². The van der Waals surface area contributed by atoms with Crippen LogP contribution in [0.25, 0.3) is 10.4 Å². The zero-order valence-electron chi connectivity index (χ0n) is 22.0. The average molecular weight is 575 g/mol. The minimum absolute atomic E-state index is 0.452. The van der Waals surface area contributed by atoms with Crippen molar-refractivity contribution < 1.29 is 5.11 Å². The zero-order chi connectivity index (χ0) is 26.6. The third-order valence-corrected chi connectivity index (χ3v) is 10.7. The van der Waals surface area contributed by atoms with Gasteiger partial charge in [-0.15, -0.1) is 0 Å². The highest BCUT2D eigenvalue weighted by atomic mass is 32.9. The number of hydrogen-bond donors (Lipinski definition) is 1. The van der Waals surface area contributed by atoms with Gasteiger partial charge < -0.3 is 14.9 Å². The lowest BCUT2D eigenvalue weighted by Gasteiger charge is -2.37. The minimum atomic E-state index is 0.452. The highest BCUT2D eigenvalue weighted by molar-refractivity contribution is 7.80. The molecular formula is C31H34N4OS3. The standard InChI is InChI=1S/C31H34N4OS3/c36-31-25(22-32-11-15-34(16-12-32)27-7-3-1-4-8-27)19-24(29-21-30(37)39-38-29)20-26(31)23-33-13-17-35(18-14-33)28-9-5-2-6-10-28/h1-10,19-21,36H,11-18,22-23H2. The lowest BCUT2D eigenvalue weighted by molar-refractivity contribution is 0.240. The van der Waals surface area contributed by atoms with Crippen molar-refractivity contribution in [1.29, 1.82) is 0 Å². The number of aromatic hydroxyl groups is 1. The summed E-state index contributed by atoms with van der Waals surface area (Å²) in [5.74, 6) is 0.452. The van der Waals surface area contributed by atoms with Gasteiger partial charge in [0, 0.05) is 92.8 Å². The summed E-state index contributed by atoms with van der Waals surface area (Å²) >= 11 is 5.44. The van der Waals surface area contributed by atoms with Gasteiger partial charge in [-0.3, -0.25) is 9.80 Å². The van der Waals surface area contributed by atoms with E-state index < -0.39 is 0 Å². The highest BCUT2D eigenvalue weighted by Crippen LogP contribution is 2.36. The number of benzene rings is 3. The molecule has 2 fully saturated rings. The number of rotatable bonds is 7. The molecule has 0 bridgehead atoms. The summed E-state index contributed by atoms with van der Waals surface area (Å²) < 4.78 is 0.917. The first-order chi connectivity index (χ1) is 19.1. The number of para-hydroxylation sites is 2. The molecule has 2 saturated heterocycles. The van der Waals surface area contributed by atoms with Crippen LogP contribution in [0.1, 0.15) is 11.1 Å². The Morgan fingerprint density at radius 2 is 1.08 bits per heavy atom. The molecule has 39 heavy (non-hydrogen) atoms. The summed E-state index contributed by atoms with van der Waals surface area (Å²) in [7, 11) is 3.37. The summed E-state index contributed by atoms with van der Waals surface area (Å²) in [4.78, 5) is 11.0. The molecule has 0 unspecified atom stereocenters. The lowest BCUT2D eigenvalue weighted by atomic mass is 10.0. The molecule has 0 atom stereocenters. The molecule has 202 valence electrons. The van der Waals surface area contributed by atoms with Gasteiger partial charge in [0.2, 0.25) is 0 Å². The van der Waals surface area contributed by atoms with Crippen molar-refractivity contribution >= 4 is 44.3 Å². The molecule has 0 aliphatic carbocycles. The zero-order valence-corrected chi connectivity index (χ0v) is 24.5. The van der Waals surface area contributed by atoms with E-state index in [0.29, 0.717) is 5.75 Å². The Morgan fingerprint density at radius 1 is 0.615 bits per heavy atom. The topological polar surface area (TPSA) is 33.2 Å². The van der Waals surface area contributed by atoms with Crippen LogP contribution in [0.5, 0.6) is 5.75 Å². The number of anilines is 2.